The Morgan fingerprint density at radius 1 is 1.50 bits per heavy atom. The second-order valence-electron chi connectivity index (χ2n) is 4.81. The van der Waals surface area contributed by atoms with Crippen LogP contribution >= 0.6 is 11.8 Å². The lowest BCUT2D eigenvalue weighted by Gasteiger charge is -2.34. The van der Waals surface area contributed by atoms with E-state index in [0.29, 0.717) is 6.04 Å². The van der Waals surface area contributed by atoms with Gasteiger partial charge < -0.3 is 10.2 Å². The van der Waals surface area contributed by atoms with Crippen molar-refractivity contribution in [3.8, 4) is 0 Å². The summed E-state index contributed by atoms with van der Waals surface area (Å²) in [4.78, 5) is 7.21. The van der Waals surface area contributed by atoms with E-state index in [1.54, 1.807) is 0 Å². The number of hydrogen-bond donors (Lipinski definition) is 1. The Kier molecular flexibility index (Phi) is 4.89. The summed E-state index contributed by atoms with van der Waals surface area (Å²) in [7, 11) is 0. The number of anilines is 1. The molecule has 1 aliphatic rings. The molecule has 0 bridgehead atoms. The smallest absolute Gasteiger partial charge is 0.129 e. The number of hydrogen-bond acceptors (Lipinski definition) is 4. The van der Waals surface area contributed by atoms with Gasteiger partial charge in [0.25, 0.3) is 0 Å². The fourth-order valence-corrected chi connectivity index (χ4v) is 3.26. The van der Waals surface area contributed by atoms with E-state index in [-0.39, 0.29) is 0 Å². The summed E-state index contributed by atoms with van der Waals surface area (Å²) in [5.41, 5.74) is 2.46. The number of rotatable bonds is 4. The van der Waals surface area contributed by atoms with Gasteiger partial charge in [0.05, 0.1) is 0 Å². The third kappa shape index (κ3) is 3.18. The van der Waals surface area contributed by atoms with Crippen molar-refractivity contribution in [1.29, 1.82) is 0 Å². The van der Waals surface area contributed by atoms with Crippen LogP contribution < -0.4 is 10.2 Å². The predicted octanol–water partition coefficient (Wildman–Crippen LogP) is 2.44. The highest BCUT2D eigenvalue weighted by atomic mass is 32.2. The second-order valence-corrected chi connectivity index (χ2v) is 5.96. The van der Waals surface area contributed by atoms with Crippen molar-refractivity contribution in [3.63, 3.8) is 0 Å². The van der Waals surface area contributed by atoms with Crippen LogP contribution in [0.5, 0.6) is 0 Å². The van der Waals surface area contributed by atoms with Gasteiger partial charge in [0.2, 0.25) is 0 Å². The molecule has 1 aromatic rings. The summed E-state index contributed by atoms with van der Waals surface area (Å²) in [5.74, 6) is 3.56. The van der Waals surface area contributed by atoms with E-state index >= 15 is 0 Å². The maximum Gasteiger partial charge on any atom is 0.129 e. The van der Waals surface area contributed by atoms with Crippen molar-refractivity contribution in [1.82, 2.24) is 10.3 Å². The topological polar surface area (TPSA) is 28.2 Å². The molecule has 18 heavy (non-hydrogen) atoms. The van der Waals surface area contributed by atoms with Gasteiger partial charge in [0.15, 0.2) is 0 Å². The predicted molar refractivity (Wildman–Crippen MR) is 80.5 cm³/mol. The average molecular weight is 265 g/mol. The minimum absolute atomic E-state index is 0.593. The van der Waals surface area contributed by atoms with Gasteiger partial charge in [0.1, 0.15) is 5.82 Å². The Labute approximate surface area is 114 Å². The molecule has 1 N–H and O–H groups in total. The third-order valence-corrected chi connectivity index (χ3v) is 4.60. The van der Waals surface area contributed by atoms with Crippen LogP contribution in [0.4, 0.5) is 5.82 Å². The lowest BCUT2D eigenvalue weighted by atomic mass is 10.2. The molecule has 0 aromatic carbocycles. The second kappa shape index (κ2) is 6.43. The first-order valence-corrected chi connectivity index (χ1v) is 7.89. The summed E-state index contributed by atoms with van der Waals surface area (Å²) in [5, 5.41) is 3.36. The molecule has 1 aliphatic heterocycles. The summed E-state index contributed by atoms with van der Waals surface area (Å²) in [6.45, 7) is 9.56. The summed E-state index contributed by atoms with van der Waals surface area (Å²) in [6.07, 6.45) is 0. The molecule has 0 amide bonds. The molecule has 1 atom stereocenters. The van der Waals surface area contributed by atoms with Gasteiger partial charge in [-0.3, -0.25) is 0 Å². The van der Waals surface area contributed by atoms with Crippen LogP contribution in [-0.4, -0.2) is 35.6 Å². The van der Waals surface area contributed by atoms with Gasteiger partial charge in [-0.2, -0.15) is 11.8 Å². The average Bonchev–Trinajstić information content (AvgIpc) is 2.38. The van der Waals surface area contributed by atoms with E-state index in [1.807, 2.05) is 11.8 Å². The molecule has 0 aliphatic carbocycles. The van der Waals surface area contributed by atoms with Crippen LogP contribution in [0.25, 0.3) is 0 Å². The highest BCUT2D eigenvalue weighted by molar-refractivity contribution is 7.99. The lowest BCUT2D eigenvalue weighted by molar-refractivity contribution is 0.684. The standard InChI is InChI=1S/C14H23N3S/c1-4-15-9-13-5-6-14(16-12(13)3)17-7-8-18-10-11(17)2/h5-6,11,15H,4,7-10H2,1-3H3. The summed E-state index contributed by atoms with van der Waals surface area (Å²) < 4.78 is 0. The Hall–Kier alpha value is -0.740. The van der Waals surface area contributed by atoms with Gasteiger partial charge >= 0.3 is 0 Å². The molecule has 0 radical (unpaired) electrons. The Bertz CT molecular complexity index is 395. The van der Waals surface area contributed by atoms with Gasteiger partial charge in [-0.25, -0.2) is 4.98 Å². The first-order chi connectivity index (χ1) is 8.72. The quantitative estimate of drug-likeness (QED) is 0.905. The summed E-state index contributed by atoms with van der Waals surface area (Å²) >= 11 is 2.04. The largest absolute Gasteiger partial charge is 0.352 e. The van der Waals surface area contributed by atoms with Crippen molar-refractivity contribution in [2.45, 2.75) is 33.4 Å². The van der Waals surface area contributed by atoms with E-state index in [0.717, 1.165) is 31.1 Å². The van der Waals surface area contributed by atoms with Gasteiger partial charge in [-0.05, 0) is 32.0 Å². The Morgan fingerprint density at radius 2 is 2.33 bits per heavy atom. The Morgan fingerprint density at radius 3 is 3.00 bits per heavy atom. The molecule has 0 spiro atoms. The first kappa shape index (κ1) is 13.7. The minimum Gasteiger partial charge on any atom is -0.352 e. The summed E-state index contributed by atoms with van der Waals surface area (Å²) in [6, 6.07) is 4.98. The van der Waals surface area contributed by atoms with Crippen LogP contribution in [-0.2, 0) is 6.54 Å². The van der Waals surface area contributed by atoms with E-state index in [2.05, 4.69) is 43.1 Å². The molecular formula is C14H23N3S. The SMILES string of the molecule is CCNCc1ccc(N2CCSCC2C)nc1C. The highest BCUT2D eigenvalue weighted by Gasteiger charge is 2.20. The molecule has 3 nitrogen and oxygen atoms in total. The van der Waals surface area contributed by atoms with Crippen LogP contribution in [0, 0.1) is 6.92 Å². The number of aryl methyl sites for hydroxylation is 1. The van der Waals surface area contributed by atoms with E-state index in [4.69, 9.17) is 4.98 Å². The molecule has 2 rings (SSSR count). The first-order valence-electron chi connectivity index (χ1n) is 6.74. The lowest BCUT2D eigenvalue weighted by Crippen LogP contribution is -2.41. The number of pyridine rings is 1. The van der Waals surface area contributed by atoms with E-state index in [9.17, 15) is 0 Å². The molecular weight excluding hydrogens is 242 g/mol. The molecule has 0 saturated carbocycles. The zero-order valence-electron chi connectivity index (χ0n) is 11.6. The fraction of sp³-hybridized carbons (Fsp3) is 0.643. The van der Waals surface area contributed by atoms with Crippen molar-refractivity contribution in [2.24, 2.45) is 0 Å². The molecule has 1 fully saturated rings. The normalized spacial score (nSPS) is 20.2. The van der Waals surface area contributed by atoms with E-state index < -0.39 is 0 Å². The van der Waals surface area contributed by atoms with Crippen LogP contribution in [0.15, 0.2) is 12.1 Å². The van der Waals surface area contributed by atoms with Crippen molar-refractivity contribution in [2.75, 3.05) is 29.5 Å². The maximum atomic E-state index is 4.78. The maximum absolute atomic E-state index is 4.78. The minimum atomic E-state index is 0.593. The number of thioether (sulfide) groups is 1. The molecule has 1 saturated heterocycles. The molecule has 2 heterocycles. The van der Waals surface area contributed by atoms with Gasteiger partial charge in [-0.1, -0.05) is 13.0 Å². The van der Waals surface area contributed by atoms with Crippen molar-refractivity contribution in [3.05, 3.63) is 23.4 Å². The van der Waals surface area contributed by atoms with Crippen LogP contribution in [0.2, 0.25) is 0 Å². The third-order valence-electron chi connectivity index (χ3n) is 3.41. The molecule has 1 unspecified atom stereocenters. The molecule has 4 heteroatoms. The van der Waals surface area contributed by atoms with Crippen LogP contribution in [0.1, 0.15) is 25.1 Å². The highest BCUT2D eigenvalue weighted by Crippen LogP contribution is 2.23. The molecule has 1 aromatic heterocycles. The Balaban J connectivity index is 2.12. The number of aromatic nitrogens is 1. The van der Waals surface area contributed by atoms with Gasteiger partial charge in [0, 0.05) is 36.3 Å². The number of nitrogens with zero attached hydrogens (tertiary/aromatic N) is 2. The molecule has 100 valence electrons. The monoisotopic (exact) mass is 265 g/mol. The van der Waals surface area contributed by atoms with Crippen molar-refractivity contribution < 1.29 is 0 Å². The van der Waals surface area contributed by atoms with Gasteiger partial charge in [-0.15, -0.1) is 0 Å². The van der Waals surface area contributed by atoms with Crippen molar-refractivity contribution >= 4 is 17.6 Å². The number of nitrogens with one attached hydrogen (secondary N) is 1. The fourth-order valence-electron chi connectivity index (χ4n) is 2.25. The zero-order chi connectivity index (χ0) is 13.0. The van der Waals surface area contributed by atoms with Crippen LogP contribution in [0.3, 0.4) is 0 Å². The van der Waals surface area contributed by atoms with E-state index in [1.165, 1.54) is 17.1 Å². The zero-order valence-corrected chi connectivity index (χ0v) is 12.4.